The molecule has 0 saturated carbocycles. The molecular weight excluding hydrogens is 428 g/mol. The SMILES string of the molecule is COc1ccc(CNS(=O)(=O)c2nnc(NC(=O)c3cccc(C)c3)s2)cc1OC. The maximum Gasteiger partial charge on any atom is 0.270 e. The summed E-state index contributed by atoms with van der Waals surface area (Å²) in [5.41, 5.74) is 2.05. The lowest BCUT2D eigenvalue weighted by atomic mass is 10.1. The summed E-state index contributed by atoms with van der Waals surface area (Å²) in [6.07, 6.45) is 0. The molecule has 1 amide bonds. The number of aromatic nitrogens is 2. The predicted octanol–water partition coefficient (Wildman–Crippen LogP) is 2.59. The normalized spacial score (nSPS) is 11.2. The Labute approximate surface area is 178 Å². The van der Waals surface area contributed by atoms with Crippen molar-refractivity contribution >= 4 is 32.4 Å². The van der Waals surface area contributed by atoms with Gasteiger partial charge < -0.3 is 9.47 Å². The third-order valence-corrected chi connectivity index (χ3v) is 6.66. The number of hydrogen-bond donors (Lipinski definition) is 2. The zero-order chi connectivity index (χ0) is 21.7. The first-order valence-electron chi connectivity index (χ1n) is 8.74. The van der Waals surface area contributed by atoms with Gasteiger partial charge in [-0.3, -0.25) is 10.1 Å². The van der Waals surface area contributed by atoms with Crippen LogP contribution in [0.15, 0.2) is 46.8 Å². The Morgan fingerprint density at radius 2 is 1.83 bits per heavy atom. The average Bonchev–Trinajstić information content (AvgIpc) is 3.21. The first kappa shape index (κ1) is 21.7. The van der Waals surface area contributed by atoms with Gasteiger partial charge in [0, 0.05) is 12.1 Å². The molecule has 3 aromatic rings. The van der Waals surface area contributed by atoms with Crippen molar-refractivity contribution in [3.8, 4) is 11.5 Å². The molecule has 0 aliphatic heterocycles. The second-order valence-electron chi connectivity index (χ2n) is 6.21. The molecule has 158 valence electrons. The van der Waals surface area contributed by atoms with E-state index in [2.05, 4.69) is 20.2 Å². The highest BCUT2D eigenvalue weighted by atomic mass is 32.2. The van der Waals surface area contributed by atoms with Crippen LogP contribution < -0.4 is 19.5 Å². The van der Waals surface area contributed by atoms with Crippen molar-refractivity contribution in [2.45, 2.75) is 17.8 Å². The minimum absolute atomic E-state index is 0.0211. The van der Waals surface area contributed by atoms with Gasteiger partial charge in [-0.05, 0) is 36.8 Å². The van der Waals surface area contributed by atoms with Crippen molar-refractivity contribution in [3.63, 3.8) is 0 Å². The summed E-state index contributed by atoms with van der Waals surface area (Å²) < 4.78 is 37.6. The largest absolute Gasteiger partial charge is 0.493 e. The van der Waals surface area contributed by atoms with Crippen molar-refractivity contribution in [2.24, 2.45) is 0 Å². The Morgan fingerprint density at radius 3 is 2.53 bits per heavy atom. The van der Waals surface area contributed by atoms with E-state index in [0.717, 1.165) is 16.9 Å². The Bertz CT molecular complexity index is 1160. The molecule has 9 nitrogen and oxygen atoms in total. The van der Waals surface area contributed by atoms with E-state index in [0.29, 0.717) is 22.6 Å². The number of ether oxygens (including phenoxy) is 2. The number of hydrogen-bond acceptors (Lipinski definition) is 8. The van der Waals surface area contributed by atoms with Gasteiger partial charge >= 0.3 is 0 Å². The molecule has 1 aromatic heterocycles. The summed E-state index contributed by atoms with van der Waals surface area (Å²) in [6, 6.07) is 12.1. The number of nitrogens with zero attached hydrogens (tertiary/aromatic N) is 2. The summed E-state index contributed by atoms with van der Waals surface area (Å²) in [7, 11) is -0.890. The van der Waals surface area contributed by atoms with Crippen LogP contribution in [0.5, 0.6) is 11.5 Å². The summed E-state index contributed by atoms with van der Waals surface area (Å²) in [5.74, 6) is 0.644. The van der Waals surface area contributed by atoms with Gasteiger partial charge in [0.15, 0.2) is 11.5 Å². The second kappa shape index (κ2) is 9.20. The quantitative estimate of drug-likeness (QED) is 0.508. The fourth-order valence-electron chi connectivity index (χ4n) is 2.56. The minimum Gasteiger partial charge on any atom is -0.493 e. The molecule has 0 saturated heterocycles. The molecule has 2 N–H and O–H groups in total. The number of benzene rings is 2. The van der Waals surface area contributed by atoms with Gasteiger partial charge in [-0.1, -0.05) is 35.1 Å². The van der Waals surface area contributed by atoms with E-state index in [1.54, 1.807) is 36.4 Å². The van der Waals surface area contributed by atoms with Crippen LogP contribution in [0.1, 0.15) is 21.5 Å². The summed E-state index contributed by atoms with van der Waals surface area (Å²) in [5, 5.41) is 10.1. The van der Waals surface area contributed by atoms with Crippen LogP contribution >= 0.6 is 11.3 Å². The number of aryl methyl sites for hydroxylation is 1. The third-order valence-electron chi connectivity index (χ3n) is 4.05. The van der Waals surface area contributed by atoms with Gasteiger partial charge in [-0.2, -0.15) is 0 Å². The van der Waals surface area contributed by atoms with Crippen molar-refractivity contribution in [2.75, 3.05) is 19.5 Å². The number of methoxy groups -OCH3 is 2. The molecule has 30 heavy (non-hydrogen) atoms. The first-order valence-corrected chi connectivity index (χ1v) is 11.0. The van der Waals surface area contributed by atoms with Crippen LogP contribution in [-0.2, 0) is 16.6 Å². The Balaban J connectivity index is 1.67. The van der Waals surface area contributed by atoms with E-state index in [-0.39, 0.29) is 16.0 Å². The van der Waals surface area contributed by atoms with Crippen molar-refractivity contribution in [1.29, 1.82) is 0 Å². The molecular formula is C19H20N4O5S2. The lowest BCUT2D eigenvalue weighted by Crippen LogP contribution is -2.23. The summed E-state index contributed by atoms with van der Waals surface area (Å²) in [6.45, 7) is 1.89. The van der Waals surface area contributed by atoms with Crippen LogP contribution in [-0.4, -0.2) is 38.7 Å². The fourth-order valence-corrected chi connectivity index (χ4v) is 4.51. The standard InChI is InChI=1S/C19H20N4O5S2/c1-12-5-4-6-14(9-12)17(24)21-18-22-23-19(29-18)30(25,26)20-11-13-7-8-15(27-2)16(10-13)28-3/h4-10,20H,11H2,1-3H3,(H,21,22,24). The number of sulfonamides is 1. The van der Waals surface area contributed by atoms with E-state index >= 15 is 0 Å². The van der Waals surface area contributed by atoms with E-state index in [9.17, 15) is 13.2 Å². The molecule has 0 aliphatic carbocycles. The van der Waals surface area contributed by atoms with Crippen LogP contribution in [0.3, 0.4) is 0 Å². The molecule has 0 atom stereocenters. The van der Waals surface area contributed by atoms with Gasteiger partial charge in [-0.25, -0.2) is 13.1 Å². The van der Waals surface area contributed by atoms with Crippen LogP contribution in [0.25, 0.3) is 0 Å². The van der Waals surface area contributed by atoms with Gasteiger partial charge in [0.1, 0.15) is 0 Å². The highest BCUT2D eigenvalue weighted by molar-refractivity contribution is 7.91. The Morgan fingerprint density at radius 1 is 1.07 bits per heavy atom. The van der Waals surface area contributed by atoms with Gasteiger partial charge in [0.25, 0.3) is 15.9 Å². The van der Waals surface area contributed by atoms with Gasteiger partial charge in [-0.15, -0.1) is 10.2 Å². The molecule has 2 aromatic carbocycles. The monoisotopic (exact) mass is 448 g/mol. The highest BCUT2D eigenvalue weighted by Crippen LogP contribution is 2.28. The van der Waals surface area contributed by atoms with Crippen LogP contribution in [0.4, 0.5) is 5.13 Å². The average molecular weight is 449 g/mol. The van der Waals surface area contributed by atoms with Crippen molar-refractivity contribution in [1.82, 2.24) is 14.9 Å². The van der Waals surface area contributed by atoms with Gasteiger partial charge in [0.2, 0.25) is 9.47 Å². The smallest absolute Gasteiger partial charge is 0.270 e. The van der Waals surface area contributed by atoms with Crippen LogP contribution in [0, 0.1) is 6.92 Å². The molecule has 3 rings (SSSR count). The number of carbonyl (C=O) groups is 1. The molecule has 11 heteroatoms. The van der Waals surface area contributed by atoms with Crippen molar-refractivity contribution in [3.05, 3.63) is 59.2 Å². The molecule has 0 fully saturated rings. The minimum atomic E-state index is -3.91. The summed E-state index contributed by atoms with van der Waals surface area (Å²) >= 11 is 0.767. The number of carbonyl (C=O) groups excluding carboxylic acids is 1. The predicted molar refractivity (Wildman–Crippen MR) is 113 cm³/mol. The van der Waals surface area contributed by atoms with Crippen LogP contribution in [0.2, 0.25) is 0 Å². The summed E-state index contributed by atoms with van der Waals surface area (Å²) in [4.78, 5) is 12.3. The fraction of sp³-hybridized carbons (Fsp3) is 0.211. The van der Waals surface area contributed by atoms with E-state index < -0.39 is 15.9 Å². The lowest BCUT2D eigenvalue weighted by Gasteiger charge is -2.10. The zero-order valence-electron chi connectivity index (χ0n) is 16.5. The molecule has 0 aliphatic rings. The lowest BCUT2D eigenvalue weighted by molar-refractivity contribution is 0.102. The third kappa shape index (κ3) is 5.12. The molecule has 0 radical (unpaired) electrons. The Kier molecular flexibility index (Phi) is 6.65. The van der Waals surface area contributed by atoms with E-state index in [1.807, 2.05) is 13.0 Å². The maximum absolute atomic E-state index is 12.5. The molecule has 0 spiro atoms. The molecule has 1 heterocycles. The Hall–Kier alpha value is -3.02. The molecule has 0 unspecified atom stereocenters. The topological polar surface area (TPSA) is 120 Å². The number of anilines is 1. The van der Waals surface area contributed by atoms with Crippen molar-refractivity contribution < 1.29 is 22.7 Å². The number of rotatable bonds is 8. The second-order valence-corrected chi connectivity index (χ2v) is 9.13. The zero-order valence-corrected chi connectivity index (χ0v) is 18.1. The molecule has 0 bridgehead atoms. The highest BCUT2D eigenvalue weighted by Gasteiger charge is 2.21. The number of amides is 1. The first-order chi connectivity index (χ1) is 14.3. The maximum atomic E-state index is 12.5. The van der Waals surface area contributed by atoms with E-state index in [1.165, 1.54) is 14.2 Å². The van der Waals surface area contributed by atoms with Gasteiger partial charge in [0.05, 0.1) is 14.2 Å². The number of nitrogens with one attached hydrogen (secondary N) is 2. The van der Waals surface area contributed by atoms with E-state index in [4.69, 9.17) is 9.47 Å².